The highest BCUT2D eigenvalue weighted by Gasteiger charge is 2.53. The van der Waals surface area contributed by atoms with E-state index in [1.165, 1.54) is 12.8 Å². The molecule has 0 radical (unpaired) electrons. The van der Waals surface area contributed by atoms with Gasteiger partial charge in [0.2, 0.25) is 0 Å². The van der Waals surface area contributed by atoms with Crippen molar-refractivity contribution in [2.75, 3.05) is 0 Å². The van der Waals surface area contributed by atoms with E-state index in [0.29, 0.717) is 5.41 Å². The Morgan fingerprint density at radius 1 is 1.29 bits per heavy atom. The zero-order valence-electron chi connectivity index (χ0n) is 4.28. The van der Waals surface area contributed by atoms with Crippen LogP contribution in [0.3, 0.4) is 0 Å². The zero-order chi connectivity index (χ0) is 4.91. The van der Waals surface area contributed by atoms with Crippen molar-refractivity contribution < 1.29 is 4.39 Å². The Balaban J connectivity index is 1.97. The molecule has 7 heavy (non-hydrogen) atoms. The van der Waals surface area contributed by atoms with E-state index in [1.807, 2.05) is 0 Å². The molecular formula is C6H9F. The van der Waals surface area contributed by atoms with Gasteiger partial charge in [0.25, 0.3) is 0 Å². The fourth-order valence-electron chi connectivity index (χ4n) is 1.46. The van der Waals surface area contributed by atoms with Gasteiger partial charge in [-0.15, -0.1) is 0 Å². The van der Waals surface area contributed by atoms with Gasteiger partial charge in [0, 0.05) is 0 Å². The molecule has 0 heterocycles. The average Bonchev–Trinajstić information content (AvgIpc) is 2.14. The van der Waals surface area contributed by atoms with Crippen LogP contribution in [0.15, 0.2) is 0 Å². The Labute approximate surface area is 42.7 Å². The summed E-state index contributed by atoms with van der Waals surface area (Å²) in [6.45, 7) is 0. The van der Waals surface area contributed by atoms with E-state index < -0.39 is 6.17 Å². The second kappa shape index (κ2) is 0.862. The molecule has 0 atom stereocenters. The predicted molar refractivity (Wildman–Crippen MR) is 25.8 cm³/mol. The van der Waals surface area contributed by atoms with Gasteiger partial charge >= 0.3 is 0 Å². The second-order valence-electron chi connectivity index (χ2n) is 3.01. The molecule has 2 saturated carbocycles. The van der Waals surface area contributed by atoms with E-state index in [-0.39, 0.29) is 0 Å². The lowest BCUT2D eigenvalue weighted by Gasteiger charge is -2.28. The van der Waals surface area contributed by atoms with Crippen molar-refractivity contribution >= 4 is 0 Å². The fourth-order valence-corrected chi connectivity index (χ4v) is 1.46. The molecule has 0 N–H and O–H groups in total. The number of hydrogen-bond donors (Lipinski definition) is 0. The highest BCUT2D eigenvalue weighted by Crippen LogP contribution is 2.61. The molecule has 0 nitrogen and oxygen atoms in total. The first-order chi connectivity index (χ1) is 3.31. The molecule has 0 bridgehead atoms. The summed E-state index contributed by atoms with van der Waals surface area (Å²) >= 11 is 0. The van der Waals surface area contributed by atoms with E-state index in [1.54, 1.807) is 0 Å². The minimum absolute atomic E-state index is 0.428. The summed E-state index contributed by atoms with van der Waals surface area (Å²) in [6.07, 6.45) is 3.96. The molecular weight excluding hydrogens is 91.1 g/mol. The van der Waals surface area contributed by atoms with Crippen molar-refractivity contribution in [3.63, 3.8) is 0 Å². The number of halogens is 1. The Kier molecular flexibility index (Phi) is 0.477. The van der Waals surface area contributed by atoms with Crippen LogP contribution in [0.1, 0.15) is 25.7 Å². The topological polar surface area (TPSA) is 0 Å². The maximum Gasteiger partial charge on any atom is 0.101 e. The van der Waals surface area contributed by atoms with Gasteiger partial charge in [-0.05, 0) is 31.1 Å². The van der Waals surface area contributed by atoms with E-state index in [2.05, 4.69) is 0 Å². The van der Waals surface area contributed by atoms with Gasteiger partial charge in [0.15, 0.2) is 0 Å². The quantitative estimate of drug-likeness (QED) is 0.436. The normalized spacial score (nSPS) is 35.6. The van der Waals surface area contributed by atoms with Crippen LogP contribution in [0.2, 0.25) is 0 Å². The minimum Gasteiger partial charge on any atom is -0.247 e. The van der Waals surface area contributed by atoms with E-state index in [9.17, 15) is 4.39 Å². The monoisotopic (exact) mass is 100 g/mol. The fraction of sp³-hybridized carbons (Fsp3) is 1.00. The molecule has 0 saturated heterocycles. The van der Waals surface area contributed by atoms with Crippen molar-refractivity contribution in [1.82, 2.24) is 0 Å². The highest BCUT2D eigenvalue weighted by molar-refractivity contribution is 5.03. The Morgan fingerprint density at radius 3 is 2.00 bits per heavy atom. The lowest BCUT2D eigenvalue weighted by atomic mass is 9.80. The van der Waals surface area contributed by atoms with Crippen LogP contribution in [-0.4, -0.2) is 6.17 Å². The predicted octanol–water partition coefficient (Wildman–Crippen LogP) is 1.90. The van der Waals surface area contributed by atoms with E-state index >= 15 is 0 Å². The standard InChI is InChI=1S/C6H9F/c7-5-3-6(4-5)1-2-6/h5H,1-4H2. The Bertz CT molecular complexity index is 86.4. The van der Waals surface area contributed by atoms with Crippen LogP contribution in [0.25, 0.3) is 0 Å². The number of alkyl halides is 1. The summed E-state index contributed by atoms with van der Waals surface area (Å²) in [7, 11) is 0. The van der Waals surface area contributed by atoms with E-state index in [0.717, 1.165) is 12.8 Å². The molecule has 0 unspecified atom stereocenters. The van der Waals surface area contributed by atoms with Gasteiger partial charge in [0.1, 0.15) is 6.17 Å². The van der Waals surface area contributed by atoms with Crippen LogP contribution >= 0.6 is 0 Å². The van der Waals surface area contributed by atoms with Crippen LogP contribution in [0.5, 0.6) is 0 Å². The van der Waals surface area contributed by atoms with Crippen LogP contribution in [0, 0.1) is 5.41 Å². The van der Waals surface area contributed by atoms with Crippen molar-refractivity contribution in [1.29, 1.82) is 0 Å². The summed E-state index contributed by atoms with van der Waals surface area (Å²) in [6, 6.07) is 0. The smallest absolute Gasteiger partial charge is 0.101 e. The largest absolute Gasteiger partial charge is 0.247 e. The van der Waals surface area contributed by atoms with Gasteiger partial charge in [-0.3, -0.25) is 0 Å². The second-order valence-corrected chi connectivity index (χ2v) is 3.01. The van der Waals surface area contributed by atoms with Crippen molar-refractivity contribution in [3.05, 3.63) is 0 Å². The third kappa shape index (κ3) is 0.411. The molecule has 0 aromatic heterocycles. The Hall–Kier alpha value is -0.0700. The first-order valence-electron chi connectivity index (χ1n) is 2.95. The third-order valence-electron chi connectivity index (χ3n) is 2.27. The van der Waals surface area contributed by atoms with Crippen LogP contribution in [-0.2, 0) is 0 Å². The summed E-state index contributed by atoms with van der Waals surface area (Å²) in [5, 5.41) is 0. The molecule has 1 spiro atoms. The molecule has 2 aliphatic rings. The van der Waals surface area contributed by atoms with Gasteiger partial charge in [0.05, 0.1) is 0 Å². The summed E-state index contributed by atoms with van der Waals surface area (Å²) in [4.78, 5) is 0. The molecule has 2 rings (SSSR count). The minimum atomic E-state index is -0.428. The first-order valence-corrected chi connectivity index (χ1v) is 2.95. The molecule has 0 aromatic carbocycles. The highest BCUT2D eigenvalue weighted by atomic mass is 19.1. The number of hydrogen-bond acceptors (Lipinski definition) is 0. The summed E-state index contributed by atoms with van der Waals surface area (Å²) in [5.41, 5.74) is 0.569. The van der Waals surface area contributed by atoms with Gasteiger partial charge < -0.3 is 0 Å². The van der Waals surface area contributed by atoms with Crippen LogP contribution < -0.4 is 0 Å². The van der Waals surface area contributed by atoms with E-state index in [4.69, 9.17) is 0 Å². The molecule has 2 aliphatic carbocycles. The molecule has 0 aromatic rings. The third-order valence-corrected chi connectivity index (χ3v) is 2.27. The van der Waals surface area contributed by atoms with Crippen molar-refractivity contribution in [3.8, 4) is 0 Å². The molecule has 1 heteroatoms. The van der Waals surface area contributed by atoms with Gasteiger partial charge in [-0.1, -0.05) is 0 Å². The van der Waals surface area contributed by atoms with Crippen molar-refractivity contribution in [2.24, 2.45) is 5.41 Å². The lowest BCUT2D eigenvalue weighted by Crippen LogP contribution is -2.25. The Morgan fingerprint density at radius 2 is 1.86 bits per heavy atom. The summed E-state index contributed by atoms with van der Waals surface area (Å²) in [5.74, 6) is 0. The molecule has 2 fully saturated rings. The maximum absolute atomic E-state index is 12.1. The lowest BCUT2D eigenvalue weighted by molar-refractivity contribution is 0.113. The van der Waals surface area contributed by atoms with Crippen molar-refractivity contribution in [2.45, 2.75) is 31.9 Å². The van der Waals surface area contributed by atoms with Gasteiger partial charge in [-0.2, -0.15) is 0 Å². The molecule has 0 amide bonds. The number of rotatable bonds is 0. The SMILES string of the molecule is FC1CC2(CC2)C1. The zero-order valence-corrected chi connectivity index (χ0v) is 4.28. The average molecular weight is 100 g/mol. The molecule has 0 aliphatic heterocycles. The molecule has 40 valence electrons. The maximum atomic E-state index is 12.1. The van der Waals surface area contributed by atoms with Crippen LogP contribution in [0.4, 0.5) is 4.39 Å². The first kappa shape index (κ1) is 3.88. The van der Waals surface area contributed by atoms with Gasteiger partial charge in [-0.25, -0.2) is 4.39 Å². The summed E-state index contributed by atoms with van der Waals surface area (Å²) < 4.78 is 12.1.